The monoisotopic (exact) mass is 292 g/mol. The number of halogens is 1. The molecule has 0 aliphatic heterocycles. The molecule has 0 spiro atoms. The highest BCUT2D eigenvalue weighted by molar-refractivity contribution is 5.20. The van der Waals surface area contributed by atoms with E-state index in [0.717, 1.165) is 11.3 Å². The fourth-order valence-electron chi connectivity index (χ4n) is 2.05. The van der Waals surface area contributed by atoms with E-state index in [-0.39, 0.29) is 11.6 Å². The Morgan fingerprint density at radius 1 is 1.38 bits per heavy atom. The second-order valence-corrected chi connectivity index (χ2v) is 4.99. The first kappa shape index (κ1) is 15.1. The van der Waals surface area contributed by atoms with Gasteiger partial charge in [-0.1, -0.05) is 12.1 Å². The molecule has 0 bridgehead atoms. The lowest BCUT2D eigenvalue weighted by Crippen LogP contribution is -2.23. The van der Waals surface area contributed by atoms with Gasteiger partial charge < -0.3 is 15.0 Å². The van der Waals surface area contributed by atoms with E-state index < -0.39 is 4.92 Å². The summed E-state index contributed by atoms with van der Waals surface area (Å²) in [5.74, 6) is -0.380. The molecular formula is C14H17FN4O2. The van der Waals surface area contributed by atoms with Crippen LogP contribution in [0.15, 0.2) is 30.3 Å². The lowest BCUT2D eigenvalue weighted by atomic mass is 10.2. The van der Waals surface area contributed by atoms with Gasteiger partial charge in [-0.3, -0.25) is 0 Å². The van der Waals surface area contributed by atoms with Crippen molar-refractivity contribution in [2.45, 2.75) is 20.0 Å². The number of aromatic nitrogens is 2. The van der Waals surface area contributed by atoms with Gasteiger partial charge in [0.1, 0.15) is 5.82 Å². The lowest BCUT2D eigenvalue weighted by Gasteiger charge is -2.16. The van der Waals surface area contributed by atoms with Gasteiger partial charge in [-0.25, -0.2) is 4.39 Å². The first-order valence-electron chi connectivity index (χ1n) is 6.57. The number of nitro groups is 1. The zero-order valence-corrected chi connectivity index (χ0v) is 12.0. The van der Waals surface area contributed by atoms with Crippen LogP contribution in [0.2, 0.25) is 0 Å². The van der Waals surface area contributed by atoms with Crippen molar-refractivity contribution in [3.05, 3.63) is 57.5 Å². The quantitative estimate of drug-likeness (QED) is 0.605. The molecule has 0 saturated heterocycles. The number of likely N-dealkylation sites (N-methyl/N-ethyl adjacent to an activating group) is 1. The molecule has 0 radical (unpaired) electrons. The Morgan fingerprint density at radius 2 is 2.05 bits per heavy atom. The van der Waals surface area contributed by atoms with E-state index >= 15 is 0 Å². The number of hydrogen-bond acceptors (Lipinski definition) is 4. The normalized spacial score (nSPS) is 11.0. The van der Waals surface area contributed by atoms with Crippen molar-refractivity contribution < 1.29 is 9.31 Å². The Labute approximate surface area is 121 Å². The predicted octanol–water partition coefficient (Wildman–Crippen LogP) is 2.37. The van der Waals surface area contributed by atoms with Crippen molar-refractivity contribution in [1.82, 2.24) is 14.7 Å². The molecule has 1 aromatic carbocycles. The smallest absolute Gasteiger partial charge is 0.358 e. The van der Waals surface area contributed by atoms with Gasteiger partial charge in [-0.05, 0) is 36.6 Å². The first-order chi connectivity index (χ1) is 9.95. The molecule has 0 aliphatic rings. The van der Waals surface area contributed by atoms with Crippen molar-refractivity contribution in [1.29, 1.82) is 0 Å². The summed E-state index contributed by atoms with van der Waals surface area (Å²) in [6.45, 7) is 3.73. The molecule has 21 heavy (non-hydrogen) atoms. The standard InChI is InChI=1S/C14H17FN4O2/c1-11-9-14(19(20)21)16-18(11)8-7-17(2)10-12-3-5-13(15)6-4-12/h3-6,9H,7-8,10H2,1-2H3. The van der Waals surface area contributed by atoms with Gasteiger partial charge in [-0.2, -0.15) is 4.68 Å². The van der Waals surface area contributed by atoms with Crippen molar-refractivity contribution in [3.8, 4) is 0 Å². The molecule has 0 unspecified atom stereocenters. The van der Waals surface area contributed by atoms with E-state index in [4.69, 9.17) is 0 Å². The van der Waals surface area contributed by atoms with Gasteiger partial charge in [-0.15, -0.1) is 0 Å². The third-order valence-electron chi connectivity index (χ3n) is 3.21. The Balaban J connectivity index is 1.90. The molecule has 0 saturated carbocycles. The maximum atomic E-state index is 12.8. The summed E-state index contributed by atoms with van der Waals surface area (Å²) in [7, 11) is 1.94. The molecule has 1 heterocycles. The van der Waals surface area contributed by atoms with Crippen molar-refractivity contribution in [2.24, 2.45) is 0 Å². The second kappa shape index (κ2) is 6.45. The molecule has 2 aromatic rings. The molecule has 0 aliphatic carbocycles. The van der Waals surface area contributed by atoms with Crippen LogP contribution in [0.1, 0.15) is 11.3 Å². The third-order valence-corrected chi connectivity index (χ3v) is 3.21. The van der Waals surface area contributed by atoms with E-state index in [2.05, 4.69) is 10.00 Å². The number of aryl methyl sites for hydroxylation is 1. The molecule has 2 rings (SSSR count). The summed E-state index contributed by atoms with van der Waals surface area (Å²) < 4.78 is 14.4. The fraction of sp³-hybridized carbons (Fsp3) is 0.357. The number of hydrogen-bond donors (Lipinski definition) is 0. The van der Waals surface area contributed by atoms with Crippen LogP contribution >= 0.6 is 0 Å². The maximum absolute atomic E-state index is 12.8. The summed E-state index contributed by atoms with van der Waals surface area (Å²) in [6.07, 6.45) is 0. The van der Waals surface area contributed by atoms with Crippen LogP contribution in [-0.4, -0.2) is 33.2 Å². The molecule has 0 atom stereocenters. The molecule has 1 aromatic heterocycles. The average molecular weight is 292 g/mol. The van der Waals surface area contributed by atoms with E-state index in [1.165, 1.54) is 18.2 Å². The van der Waals surface area contributed by atoms with Gasteiger partial charge in [0, 0.05) is 13.1 Å². The van der Waals surface area contributed by atoms with Gasteiger partial charge in [0.15, 0.2) is 0 Å². The zero-order valence-electron chi connectivity index (χ0n) is 12.0. The Hall–Kier alpha value is -2.28. The molecule has 0 N–H and O–H groups in total. The van der Waals surface area contributed by atoms with Gasteiger partial charge in [0.2, 0.25) is 0 Å². The van der Waals surface area contributed by atoms with E-state index in [1.54, 1.807) is 23.7 Å². The number of rotatable bonds is 6. The number of benzene rings is 1. The minimum absolute atomic E-state index is 0.131. The molecule has 7 heteroatoms. The SMILES string of the molecule is Cc1cc([N+](=O)[O-])nn1CCN(C)Cc1ccc(F)cc1. The molecule has 6 nitrogen and oxygen atoms in total. The molecule has 112 valence electrons. The maximum Gasteiger partial charge on any atom is 0.390 e. The topological polar surface area (TPSA) is 64.2 Å². The van der Waals surface area contributed by atoms with Gasteiger partial charge >= 0.3 is 5.82 Å². The Morgan fingerprint density at radius 3 is 2.62 bits per heavy atom. The van der Waals surface area contributed by atoms with Crippen LogP contribution < -0.4 is 0 Å². The highest BCUT2D eigenvalue weighted by Crippen LogP contribution is 2.11. The van der Waals surface area contributed by atoms with Crippen molar-refractivity contribution >= 4 is 5.82 Å². The summed E-state index contributed by atoms with van der Waals surface area (Å²) in [6, 6.07) is 7.82. The van der Waals surface area contributed by atoms with Crippen LogP contribution in [0.3, 0.4) is 0 Å². The third kappa shape index (κ3) is 4.09. The van der Waals surface area contributed by atoms with Crippen molar-refractivity contribution in [2.75, 3.05) is 13.6 Å². The highest BCUT2D eigenvalue weighted by atomic mass is 19.1. The Kier molecular flexibility index (Phi) is 4.64. The summed E-state index contributed by atoms with van der Waals surface area (Å²) in [4.78, 5) is 12.2. The van der Waals surface area contributed by atoms with Crippen LogP contribution in [0, 0.1) is 22.9 Å². The second-order valence-electron chi connectivity index (χ2n) is 4.99. The van der Waals surface area contributed by atoms with Crippen LogP contribution in [0.5, 0.6) is 0 Å². The van der Waals surface area contributed by atoms with Crippen LogP contribution in [0.25, 0.3) is 0 Å². The fourth-order valence-corrected chi connectivity index (χ4v) is 2.05. The molecular weight excluding hydrogens is 275 g/mol. The largest absolute Gasteiger partial charge is 0.390 e. The minimum Gasteiger partial charge on any atom is -0.358 e. The summed E-state index contributed by atoms with van der Waals surface area (Å²) >= 11 is 0. The van der Waals surface area contributed by atoms with E-state index in [9.17, 15) is 14.5 Å². The van der Waals surface area contributed by atoms with E-state index in [0.29, 0.717) is 19.6 Å². The summed E-state index contributed by atoms with van der Waals surface area (Å²) in [5, 5.41) is 14.6. The predicted molar refractivity (Wildman–Crippen MR) is 76.4 cm³/mol. The van der Waals surface area contributed by atoms with Crippen LogP contribution in [0.4, 0.5) is 10.2 Å². The van der Waals surface area contributed by atoms with E-state index in [1.807, 2.05) is 7.05 Å². The van der Waals surface area contributed by atoms with Gasteiger partial charge in [0.25, 0.3) is 0 Å². The van der Waals surface area contributed by atoms with Crippen LogP contribution in [-0.2, 0) is 13.1 Å². The van der Waals surface area contributed by atoms with Gasteiger partial charge in [0.05, 0.1) is 23.4 Å². The average Bonchev–Trinajstić information content (AvgIpc) is 2.81. The van der Waals surface area contributed by atoms with Crippen molar-refractivity contribution in [3.63, 3.8) is 0 Å². The molecule has 0 fully saturated rings. The zero-order chi connectivity index (χ0) is 15.4. The Bertz CT molecular complexity index is 624. The lowest BCUT2D eigenvalue weighted by molar-refractivity contribution is -0.389. The molecule has 0 amide bonds. The number of nitrogens with zero attached hydrogens (tertiary/aromatic N) is 4. The highest BCUT2D eigenvalue weighted by Gasteiger charge is 2.15. The first-order valence-corrected chi connectivity index (χ1v) is 6.57. The minimum atomic E-state index is -0.494. The summed E-state index contributed by atoms with van der Waals surface area (Å²) in [5.41, 5.74) is 1.78.